The molecule has 0 bridgehead atoms. The second kappa shape index (κ2) is 7.87. The third-order valence-electron chi connectivity index (χ3n) is 3.85. The van der Waals surface area contributed by atoms with Gasteiger partial charge in [-0.1, -0.05) is 31.0 Å². The van der Waals surface area contributed by atoms with Gasteiger partial charge in [0.2, 0.25) is 0 Å². The number of halogens is 1. The van der Waals surface area contributed by atoms with E-state index in [1.54, 1.807) is 6.07 Å². The van der Waals surface area contributed by atoms with Crippen molar-refractivity contribution in [1.82, 2.24) is 10.2 Å². The summed E-state index contributed by atoms with van der Waals surface area (Å²) in [5.41, 5.74) is 1.16. The van der Waals surface area contributed by atoms with Crippen molar-refractivity contribution in [3.63, 3.8) is 0 Å². The van der Waals surface area contributed by atoms with Gasteiger partial charge in [0.25, 0.3) is 0 Å². The second-order valence-electron chi connectivity index (χ2n) is 5.67. The van der Waals surface area contributed by atoms with Gasteiger partial charge in [-0.2, -0.15) is 0 Å². The van der Waals surface area contributed by atoms with Gasteiger partial charge in [0.1, 0.15) is 5.75 Å². The van der Waals surface area contributed by atoms with Gasteiger partial charge in [0.05, 0.1) is 5.02 Å². The third kappa shape index (κ3) is 4.65. The summed E-state index contributed by atoms with van der Waals surface area (Å²) >= 11 is 5.99. The van der Waals surface area contributed by atoms with Crippen molar-refractivity contribution in [3.05, 3.63) is 28.8 Å². The van der Waals surface area contributed by atoms with E-state index in [2.05, 4.69) is 17.1 Å². The highest BCUT2D eigenvalue weighted by atomic mass is 35.5. The molecule has 3 nitrogen and oxygen atoms in total. The number of nitrogens with zero attached hydrogens (tertiary/aromatic N) is 1. The van der Waals surface area contributed by atoms with Gasteiger partial charge >= 0.3 is 0 Å². The number of piperidine rings is 1. The number of phenols is 1. The van der Waals surface area contributed by atoms with Crippen LogP contribution in [-0.4, -0.2) is 35.7 Å². The molecule has 0 saturated carbocycles. The van der Waals surface area contributed by atoms with Crippen molar-refractivity contribution >= 4 is 11.6 Å². The molecule has 4 heteroatoms. The van der Waals surface area contributed by atoms with Crippen LogP contribution in [0.5, 0.6) is 5.75 Å². The van der Waals surface area contributed by atoms with Crippen LogP contribution in [0.15, 0.2) is 18.2 Å². The normalized spacial score (nSPS) is 19.4. The number of nitrogens with one attached hydrogen (secondary N) is 1. The van der Waals surface area contributed by atoms with Crippen LogP contribution in [0, 0.1) is 0 Å². The molecule has 20 heavy (non-hydrogen) atoms. The molecule has 1 aliphatic rings. The Kier molecular flexibility index (Phi) is 6.14. The summed E-state index contributed by atoms with van der Waals surface area (Å²) in [6.45, 7) is 6.44. The third-order valence-corrected chi connectivity index (χ3v) is 4.15. The Morgan fingerprint density at radius 3 is 2.90 bits per heavy atom. The summed E-state index contributed by atoms with van der Waals surface area (Å²) in [5.74, 6) is 0.159. The SMILES string of the molecule is CCCN(Cc1ccc(O)c(Cl)c1)CC1CCCCN1. The minimum absolute atomic E-state index is 0.159. The Morgan fingerprint density at radius 2 is 2.25 bits per heavy atom. The van der Waals surface area contributed by atoms with E-state index in [-0.39, 0.29) is 5.75 Å². The molecule has 0 radical (unpaired) electrons. The van der Waals surface area contributed by atoms with Gasteiger partial charge < -0.3 is 10.4 Å². The molecule has 1 fully saturated rings. The maximum atomic E-state index is 9.49. The van der Waals surface area contributed by atoms with E-state index in [4.69, 9.17) is 11.6 Å². The summed E-state index contributed by atoms with van der Waals surface area (Å²) < 4.78 is 0. The smallest absolute Gasteiger partial charge is 0.134 e. The molecule has 2 rings (SSSR count). The predicted molar refractivity (Wildman–Crippen MR) is 84.3 cm³/mol. The molecule has 1 aliphatic heterocycles. The molecular formula is C16H25ClN2O. The first-order chi connectivity index (χ1) is 9.69. The number of hydrogen-bond donors (Lipinski definition) is 2. The summed E-state index contributed by atoms with van der Waals surface area (Å²) in [5, 5.41) is 13.5. The van der Waals surface area contributed by atoms with Crippen LogP contribution in [0.2, 0.25) is 5.02 Å². The average Bonchev–Trinajstić information content (AvgIpc) is 2.44. The molecule has 0 amide bonds. The Bertz CT molecular complexity index is 419. The van der Waals surface area contributed by atoms with Crippen LogP contribution in [-0.2, 0) is 6.54 Å². The van der Waals surface area contributed by atoms with Crippen LogP contribution in [0.4, 0.5) is 0 Å². The number of rotatable bonds is 6. The van der Waals surface area contributed by atoms with Crippen molar-refractivity contribution in [2.75, 3.05) is 19.6 Å². The maximum Gasteiger partial charge on any atom is 0.134 e. The molecule has 1 aromatic rings. The molecule has 1 atom stereocenters. The van der Waals surface area contributed by atoms with E-state index in [0.717, 1.165) is 38.2 Å². The molecule has 1 aromatic carbocycles. The van der Waals surface area contributed by atoms with Crippen LogP contribution in [0.25, 0.3) is 0 Å². The minimum atomic E-state index is 0.159. The molecule has 1 unspecified atom stereocenters. The van der Waals surface area contributed by atoms with Crippen LogP contribution >= 0.6 is 11.6 Å². The topological polar surface area (TPSA) is 35.5 Å². The molecule has 112 valence electrons. The van der Waals surface area contributed by atoms with Crippen LogP contribution in [0.1, 0.15) is 38.2 Å². The second-order valence-corrected chi connectivity index (χ2v) is 6.07. The Balaban J connectivity index is 1.94. The predicted octanol–water partition coefficient (Wildman–Crippen LogP) is 3.40. The zero-order valence-electron chi connectivity index (χ0n) is 12.2. The highest BCUT2D eigenvalue weighted by Crippen LogP contribution is 2.24. The molecule has 0 aromatic heterocycles. The van der Waals surface area contributed by atoms with Gasteiger partial charge in [-0.3, -0.25) is 4.90 Å². The Morgan fingerprint density at radius 1 is 1.40 bits per heavy atom. The zero-order chi connectivity index (χ0) is 14.4. The Hall–Kier alpha value is -0.770. The number of hydrogen-bond acceptors (Lipinski definition) is 3. The highest BCUT2D eigenvalue weighted by Gasteiger charge is 2.16. The maximum absolute atomic E-state index is 9.49. The van der Waals surface area contributed by atoms with Crippen LogP contribution < -0.4 is 5.32 Å². The first-order valence-corrected chi connectivity index (χ1v) is 8.00. The van der Waals surface area contributed by atoms with Crippen molar-refractivity contribution in [3.8, 4) is 5.75 Å². The van der Waals surface area contributed by atoms with E-state index >= 15 is 0 Å². The van der Waals surface area contributed by atoms with Gasteiger partial charge in [0.15, 0.2) is 0 Å². The van der Waals surface area contributed by atoms with E-state index in [9.17, 15) is 5.11 Å². The van der Waals surface area contributed by atoms with Gasteiger partial charge in [0, 0.05) is 19.1 Å². The van der Waals surface area contributed by atoms with Gasteiger partial charge in [-0.05, 0) is 50.0 Å². The van der Waals surface area contributed by atoms with Crippen molar-refractivity contribution in [1.29, 1.82) is 0 Å². The average molecular weight is 297 g/mol. The number of benzene rings is 1. The minimum Gasteiger partial charge on any atom is -0.506 e. The lowest BCUT2D eigenvalue weighted by atomic mass is 10.0. The van der Waals surface area contributed by atoms with E-state index in [0.29, 0.717) is 11.1 Å². The van der Waals surface area contributed by atoms with E-state index in [1.807, 2.05) is 12.1 Å². The zero-order valence-corrected chi connectivity index (χ0v) is 13.0. The molecule has 1 saturated heterocycles. The summed E-state index contributed by atoms with van der Waals surface area (Å²) in [6, 6.07) is 6.12. The highest BCUT2D eigenvalue weighted by molar-refractivity contribution is 6.32. The van der Waals surface area contributed by atoms with Crippen molar-refractivity contribution < 1.29 is 5.11 Å². The Labute approximate surface area is 126 Å². The van der Waals surface area contributed by atoms with Crippen LogP contribution in [0.3, 0.4) is 0 Å². The van der Waals surface area contributed by atoms with Crippen molar-refractivity contribution in [2.24, 2.45) is 0 Å². The van der Waals surface area contributed by atoms with E-state index < -0.39 is 0 Å². The lowest BCUT2D eigenvalue weighted by Gasteiger charge is -2.30. The first kappa shape index (κ1) is 15.6. The van der Waals surface area contributed by atoms with Gasteiger partial charge in [-0.25, -0.2) is 0 Å². The fourth-order valence-corrected chi connectivity index (χ4v) is 3.05. The quantitative estimate of drug-likeness (QED) is 0.844. The lowest BCUT2D eigenvalue weighted by molar-refractivity contribution is 0.217. The number of aromatic hydroxyl groups is 1. The summed E-state index contributed by atoms with van der Waals surface area (Å²) in [7, 11) is 0. The van der Waals surface area contributed by atoms with Gasteiger partial charge in [-0.15, -0.1) is 0 Å². The standard InChI is InChI=1S/C16H25ClN2O/c1-2-9-19(12-14-5-3-4-8-18-14)11-13-6-7-16(20)15(17)10-13/h6-7,10,14,18,20H,2-5,8-9,11-12H2,1H3. The molecule has 2 N–H and O–H groups in total. The van der Waals surface area contributed by atoms with Crippen molar-refractivity contribution in [2.45, 2.75) is 45.2 Å². The lowest BCUT2D eigenvalue weighted by Crippen LogP contribution is -2.43. The molecular weight excluding hydrogens is 272 g/mol. The van der Waals surface area contributed by atoms with E-state index in [1.165, 1.54) is 19.3 Å². The fourth-order valence-electron chi connectivity index (χ4n) is 2.85. The molecule has 0 spiro atoms. The summed E-state index contributed by atoms with van der Waals surface area (Å²) in [4.78, 5) is 2.48. The monoisotopic (exact) mass is 296 g/mol. The largest absolute Gasteiger partial charge is 0.506 e. The number of phenolic OH excluding ortho intramolecular Hbond substituents is 1. The molecule has 0 aliphatic carbocycles. The fraction of sp³-hybridized carbons (Fsp3) is 0.625. The molecule has 1 heterocycles. The first-order valence-electron chi connectivity index (χ1n) is 7.62. The summed E-state index contributed by atoms with van der Waals surface area (Å²) in [6.07, 6.45) is 5.07.